The highest BCUT2D eigenvalue weighted by atomic mass is 14.4. The van der Waals surface area contributed by atoms with Gasteiger partial charge >= 0.3 is 0 Å². The van der Waals surface area contributed by atoms with Gasteiger partial charge in [0.1, 0.15) is 0 Å². The van der Waals surface area contributed by atoms with Crippen LogP contribution in [0.2, 0.25) is 0 Å². The van der Waals surface area contributed by atoms with Crippen molar-refractivity contribution in [2.24, 2.45) is 11.8 Å². The molecular formula is C10H21N. The summed E-state index contributed by atoms with van der Waals surface area (Å²) in [7, 11) is 0. The first-order valence-electron chi connectivity index (χ1n) is 4.63. The second kappa shape index (κ2) is 5.34. The van der Waals surface area contributed by atoms with Crippen molar-refractivity contribution in [2.45, 2.75) is 47.0 Å². The first kappa shape index (κ1) is 10.7. The summed E-state index contributed by atoms with van der Waals surface area (Å²) in [5.74, 6) is 1.27. The first-order chi connectivity index (χ1) is 5.07. The van der Waals surface area contributed by atoms with E-state index in [1.807, 2.05) is 6.92 Å². The van der Waals surface area contributed by atoms with Gasteiger partial charge in [-0.1, -0.05) is 33.6 Å². The third-order valence-electron chi connectivity index (χ3n) is 2.28. The lowest BCUT2D eigenvalue weighted by Crippen LogP contribution is -2.09. The van der Waals surface area contributed by atoms with Gasteiger partial charge in [0.25, 0.3) is 0 Å². The van der Waals surface area contributed by atoms with Crippen molar-refractivity contribution in [1.82, 2.24) is 0 Å². The number of hydrogen-bond acceptors (Lipinski definition) is 1. The van der Waals surface area contributed by atoms with Crippen molar-refractivity contribution >= 4 is 5.71 Å². The molecule has 0 aromatic carbocycles. The fourth-order valence-electron chi connectivity index (χ4n) is 1.39. The molecule has 1 heteroatoms. The molecule has 1 nitrogen and oxygen atoms in total. The molecule has 1 N–H and O–H groups in total. The molecule has 0 rings (SSSR count). The van der Waals surface area contributed by atoms with Gasteiger partial charge in [0.05, 0.1) is 0 Å². The minimum Gasteiger partial charge on any atom is -0.310 e. The minimum absolute atomic E-state index is 0.483. The van der Waals surface area contributed by atoms with E-state index in [-0.39, 0.29) is 0 Å². The molecule has 0 heterocycles. The van der Waals surface area contributed by atoms with E-state index < -0.39 is 0 Å². The van der Waals surface area contributed by atoms with Gasteiger partial charge < -0.3 is 5.41 Å². The van der Waals surface area contributed by atoms with Crippen LogP contribution in [0.5, 0.6) is 0 Å². The lowest BCUT2D eigenvalue weighted by molar-refractivity contribution is 0.445. The number of nitrogens with one attached hydrogen (secondary N) is 1. The third-order valence-corrected chi connectivity index (χ3v) is 2.28. The predicted molar refractivity (Wildman–Crippen MR) is 51.3 cm³/mol. The van der Waals surface area contributed by atoms with Gasteiger partial charge in [0.15, 0.2) is 0 Å². The smallest absolute Gasteiger partial charge is 0.00864 e. The van der Waals surface area contributed by atoms with Crippen LogP contribution in [-0.2, 0) is 0 Å². The van der Waals surface area contributed by atoms with Crippen molar-refractivity contribution in [3.05, 3.63) is 0 Å². The quantitative estimate of drug-likeness (QED) is 0.588. The van der Waals surface area contributed by atoms with Crippen molar-refractivity contribution in [3.63, 3.8) is 0 Å². The van der Waals surface area contributed by atoms with Crippen LogP contribution in [0.25, 0.3) is 0 Å². The molecule has 0 fully saturated rings. The molecule has 0 bridgehead atoms. The maximum Gasteiger partial charge on any atom is 0.00864 e. The summed E-state index contributed by atoms with van der Waals surface area (Å²) in [5, 5.41) is 7.43. The second-order valence-corrected chi connectivity index (χ2v) is 3.71. The highest BCUT2D eigenvalue weighted by molar-refractivity contribution is 5.80. The van der Waals surface area contributed by atoms with Crippen LogP contribution in [-0.4, -0.2) is 5.71 Å². The monoisotopic (exact) mass is 155 g/mol. The van der Waals surface area contributed by atoms with E-state index in [9.17, 15) is 0 Å². The van der Waals surface area contributed by atoms with Crippen LogP contribution in [0.15, 0.2) is 0 Å². The van der Waals surface area contributed by atoms with Crippen LogP contribution in [0.3, 0.4) is 0 Å². The molecule has 0 aliphatic rings. The van der Waals surface area contributed by atoms with Crippen molar-refractivity contribution in [2.75, 3.05) is 0 Å². The van der Waals surface area contributed by atoms with Gasteiger partial charge in [-0.3, -0.25) is 0 Å². The van der Waals surface area contributed by atoms with Gasteiger partial charge in [0.2, 0.25) is 0 Å². The molecule has 0 aromatic heterocycles. The fourth-order valence-corrected chi connectivity index (χ4v) is 1.39. The van der Waals surface area contributed by atoms with Crippen molar-refractivity contribution < 1.29 is 0 Å². The van der Waals surface area contributed by atoms with Gasteiger partial charge in [0, 0.05) is 5.71 Å². The average Bonchev–Trinajstić information content (AvgIpc) is 1.87. The van der Waals surface area contributed by atoms with Crippen molar-refractivity contribution in [3.8, 4) is 0 Å². The van der Waals surface area contributed by atoms with Gasteiger partial charge in [-0.25, -0.2) is 0 Å². The Morgan fingerprint density at radius 2 is 1.91 bits per heavy atom. The maximum absolute atomic E-state index is 7.43. The Kier molecular flexibility index (Phi) is 5.18. The molecule has 0 radical (unpaired) electrons. The molecule has 66 valence electrons. The zero-order valence-corrected chi connectivity index (χ0v) is 8.28. The topological polar surface area (TPSA) is 23.9 Å². The van der Waals surface area contributed by atoms with Crippen LogP contribution in [0.1, 0.15) is 47.0 Å². The zero-order valence-electron chi connectivity index (χ0n) is 8.28. The van der Waals surface area contributed by atoms with Crippen LogP contribution < -0.4 is 0 Å². The molecule has 0 saturated carbocycles. The summed E-state index contributed by atoms with van der Waals surface area (Å²) in [6.07, 6.45) is 3.76. The minimum atomic E-state index is 0.483. The Balaban J connectivity index is 3.56. The van der Waals surface area contributed by atoms with Crippen LogP contribution >= 0.6 is 0 Å². The molecular weight excluding hydrogens is 134 g/mol. The van der Waals surface area contributed by atoms with E-state index in [1.54, 1.807) is 0 Å². The normalized spacial score (nSPS) is 16.0. The number of rotatable bonds is 5. The largest absolute Gasteiger partial charge is 0.310 e. The average molecular weight is 155 g/mol. The maximum atomic E-state index is 7.43. The lowest BCUT2D eigenvalue weighted by atomic mass is 9.91. The van der Waals surface area contributed by atoms with Crippen LogP contribution in [0, 0.1) is 17.2 Å². The predicted octanol–water partition coefficient (Wildman–Crippen LogP) is 3.49. The van der Waals surface area contributed by atoms with Crippen LogP contribution in [0.4, 0.5) is 0 Å². The molecule has 0 aliphatic carbocycles. The molecule has 0 amide bonds. The lowest BCUT2D eigenvalue weighted by Gasteiger charge is -2.15. The zero-order chi connectivity index (χ0) is 8.85. The van der Waals surface area contributed by atoms with Gasteiger partial charge in [-0.05, 0) is 25.2 Å². The molecule has 2 atom stereocenters. The molecule has 0 spiro atoms. The Morgan fingerprint density at radius 1 is 1.36 bits per heavy atom. The standard InChI is InChI=1S/C10H21N/c1-5-6-8(2)7-9(3)10(4)11/h8-9,11H,5-7H2,1-4H3. The van der Waals surface area contributed by atoms with Crippen molar-refractivity contribution in [1.29, 1.82) is 5.41 Å². The summed E-state index contributed by atoms with van der Waals surface area (Å²) in [6.45, 7) is 8.55. The Morgan fingerprint density at radius 3 is 2.27 bits per heavy atom. The van der Waals surface area contributed by atoms with E-state index in [2.05, 4.69) is 20.8 Å². The second-order valence-electron chi connectivity index (χ2n) is 3.71. The van der Waals surface area contributed by atoms with Gasteiger partial charge in [-0.15, -0.1) is 0 Å². The summed E-state index contributed by atoms with van der Waals surface area (Å²) in [6, 6.07) is 0. The highest BCUT2D eigenvalue weighted by Gasteiger charge is 2.08. The van der Waals surface area contributed by atoms with Gasteiger partial charge in [-0.2, -0.15) is 0 Å². The van der Waals surface area contributed by atoms with E-state index >= 15 is 0 Å². The van der Waals surface area contributed by atoms with E-state index in [0.29, 0.717) is 5.92 Å². The first-order valence-corrected chi connectivity index (χ1v) is 4.63. The third kappa shape index (κ3) is 5.00. The fraction of sp³-hybridized carbons (Fsp3) is 0.900. The molecule has 0 saturated heterocycles. The SMILES string of the molecule is CCCC(C)CC(C)C(C)=N. The summed E-state index contributed by atoms with van der Waals surface area (Å²) in [4.78, 5) is 0. The highest BCUT2D eigenvalue weighted by Crippen LogP contribution is 2.16. The molecule has 0 aliphatic heterocycles. The summed E-state index contributed by atoms with van der Waals surface area (Å²) in [5.41, 5.74) is 0.827. The molecule has 0 aromatic rings. The Hall–Kier alpha value is -0.330. The van der Waals surface area contributed by atoms with E-state index in [1.165, 1.54) is 19.3 Å². The molecule has 11 heavy (non-hydrogen) atoms. The number of hydrogen-bond donors (Lipinski definition) is 1. The molecule has 2 unspecified atom stereocenters. The van der Waals surface area contributed by atoms with E-state index in [4.69, 9.17) is 5.41 Å². The Bertz CT molecular complexity index is 118. The summed E-state index contributed by atoms with van der Waals surface area (Å²) >= 11 is 0. The summed E-state index contributed by atoms with van der Waals surface area (Å²) < 4.78 is 0. The van der Waals surface area contributed by atoms with E-state index in [0.717, 1.165) is 11.6 Å². The Labute approximate surface area is 70.7 Å².